The molecule has 1 N–H and O–H groups in total. The number of aliphatic carboxylic acids is 1. The first kappa shape index (κ1) is 11.7. The molecule has 0 bridgehead atoms. The summed E-state index contributed by atoms with van der Waals surface area (Å²) in [6.45, 7) is 4.60. The van der Waals surface area contributed by atoms with Gasteiger partial charge >= 0.3 is 5.97 Å². The summed E-state index contributed by atoms with van der Waals surface area (Å²) in [7, 11) is -1.32. The van der Waals surface area contributed by atoms with Gasteiger partial charge in [0, 0.05) is 17.4 Å². The second-order valence-electron chi connectivity index (χ2n) is 3.82. The third-order valence-corrected chi connectivity index (χ3v) is 4.59. The lowest BCUT2D eigenvalue weighted by atomic mass is 10.1. The Bertz CT molecular complexity index is 233. The van der Waals surface area contributed by atoms with Crippen molar-refractivity contribution in [1.29, 1.82) is 0 Å². The van der Waals surface area contributed by atoms with Crippen molar-refractivity contribution in [1.82, 2.24) is 0 Å². The predicted molar refractivity (Wildman–Crippen MR) is 53.6 cm³/mol. The molecule has 1 aliphatic heterocycles. The van der Waals surface area contributed by atoms with E-state index >= 15 is 0 Å². The van der Waals surface area contributed by atoms with Gasteiger partial charge in [-0.05, 0) is 12.3 Å². The van der Waals surface area contributed by atoms with Crippen LogP contribution in [-0.4, -0.2) is 39.0 Å². The molecule has 14 heavy (non-hydrogen) atoms. The summed E-state index contributed by atoms with van der Waals surface area (Å²) in [6, 6.07) is 0. The maximum absolute atomic E-state index is 11.9. The van der Waals surface area contributed by atoms with Crippen molar-refractivity contribution in [3.05, 3.63) is 0 Å². The van der Waals surface area contributed by atoms with E-state index in [1.54, 1.807) is 13.8 Å². The second kappa shape index (κ2) is 4.89. The number of hydrogen-bond donors (Lipinski definition) is 1. The molecule has 0 amide bonds. The highest BCUT2D eigenvalue weighted by molar-refractivity contribution is 7.87. The zero-order valence-electron chi connectivity index (χ0n) is 8.43. The van der Waals surface area contributed by atoms with E-state index in [0.717, 1.165) is 0 Å². The van der Waals surface area contributed by atoms with Gasteiger partial charge < -0.3 is 9.84 Å². The number of carboxylic acid groups (broad SMARTS) is 1. The smallest absolute Gasteiger partial charge is 0.319 e. The predicted octanol–water partition coefficient (Wildman–Crippen LogP) is 0.633. The van der Waals surface area contributed by atoms with E-state index in [4.69, 9.17) is 9.84 Å². The van der Waals surface area contributed by atoms with E-state index in [9.17, 15) is 9.00 Å². The molecule has 1 heterocycles. The van der Waals surface area contributed by atoms with Gasteiger partial charge in [-0.2, -0.15) is 0 Å². The van der Waals surface area contributed by atoms with Crippen LogP contribution in [0.3, 0.4) is 0 Å². The summed E-state index contributed by atoms with van der Waals surface area (Å²) < 4.78 is 17.0. The molecule has 3 atom stereocenters. The van der Waals surface area contributed by atoms with Crippen LogP contribution in [0, 0.1) is 5.92 Å². The van der Waals surface area contributed by atoms with Gasteiger partial charge in [-0.1, -0.05) is 13.8 Å². The molecule has 5 heteroatoms. The summed E-state index contributed by atoms with van der Waals surface area (Å²) >= 11 is 0. The van der Waals surface area contributed by atoms with Gasteiger partial charge in [0.25, 0.3) is 0 Å². The Balaban J connectivity index is 2.67. The van der Waals surface area contributed by atoms with E-state index in [2.05, 4.69) is 0 Å². The Labute approximate surface area is 86.1 Å². The number of carboxylic acids is 1. The average molecular weight is 220 g/mol. The average Bonchev–Trinajstić information content (AvgIpc) is 2.53. The highest BCUT2D eigenvalue weighted by Gasteiger charge is 2.34. The molecule has 0 aromatic rings. The van der Waals surface area contributed by atoms with Gasteiger partial charge in [-0.25, -0.2) is 0 Å². The Hall–Kier alpha value is -0.420. The lowest BCUT2D eigenvalue weighted by Gasteiger charge is -2.18. The molecule has 3 unspecified atom stereocenters. The topological polar surface area (TPSA) is 63.6 Å². The molecule has 0 aromatic heterocycles. The van der Waals surface area contributed by atoms with Crippen molar-refractivity contribution >= 4 is 16.8 Å². The van der Waals surface area contributed by atoms with Gasteiger partial charge in [0.2, 0.25) is 0 Å². The molecular weight excluding hydrogens is 204 g/mol. The van der Waals surface area contributed by atoms with Crippen LogP contribution in [0.25, 0.3) is 0 Å². The Kier molecular flexibility index (Phi) is 4.07. The maximum atomic E-state index is 11.9. The molecule has 0 aliphatic carbocycles. The normalized spacial score (nSPS) is 26.4. The second-order valence-corrected chi connectivity index (χ2v) is 5.65. The van der Waals surface area contributed by atoms with Crippen molar-refractivity contribution in [2.24, 2.45) is 5.92 Å². The summed E-state index contributed by atoms with van der Waals surface area (Å²) in [5.41, 5.74) is 0. The quantitative estimate of drug-likeness (QED) is 0.755. The van der Waals surface area contributed by atoms with Crippen LogP contribution < -0.4 is 0 Å². The highest BCUT2D eigenvalue weighted by Crippen LogP contribution is 2.19. The van der Waals surface area contributed by atoms with Crippen LogP contribution in [0.1, 0.15) is 20.3 Å². The first-order chi connectivity index (χ1) is 6.54. The van der Waals surface area contributed by atoms with E-state index in [-0.39, 0.29) is 11.2 Å². The number of carbonyl (C=O) groups is 1. The number of hydrogen-bond acceptors (Lipinski definition) is 3. The zero-order valence-corrected chi connectivity index (χ0v) is 9.25. The fourth-order valence-electron chi connectivity index (χ4n) is 1.56. The van der Waals surface area contributed by atoms with Crippen LogP contribution in [0.5, 0.6) is 0 Å². The van der Waals surface area contributed by atoms with Crippen molar-refractivity contribution in [2.75, 3.05) is 13.2 Å². The van der Waals surface area contributed by atoms with Gasteiger partial charge in [0.1, 0.15) is 5.25 Å². The molecule has 1 fully saturated rings. The van der Waals surface area contributed by atoms with Crippen LogP contribution in [0.15, 0.2) is 0 Å². The van der Waals surface area contributed by atoms with Crippen LogP contribution >= 0.6 is 0 Å². The maximum Gasteiger partial charge on any atom is 0.319 e. The molecule has 0 saturated carbocycles. The van der Waals surface area contributed by atoms with Crippen LogP contribution in [0.2, 0.25) is 0 Å². The van der Waals surface area contributed by atoms with Gasteiger partial charge in [0.15, 0.2) is 0 Å². The third kappa shape index (κ3) is 2.54. The first-order valence-electron chi connectivity index (χ1n) is 4.74. The first-order valence-corrected chi connectivity index (χ1v) is 6.01. The largest absolute Gasteiger partial charge is 0.480 e. The van der Waals surface area contributed by atoms with Crippen LogP contribution in [-0.2, 0) is 20.3 Å². The minimum atomic E-state index is -1.32. The minimum absolute atomic E-state index is 0.0986. The Morgan fingerprint density at radius 2 is 2.21 bits per heavy atom. The number of rotatable bonds is 4. The Morgan fingerprint density at radius 1 is 1.57 bits per heavy atom. The lowest BCUT2D eigenvalue weighted by molar-refractivity contribution is -0.137. The molecule has 1 aliphatic rings. The van der Waals surface area contributed by atoms with E-state index in [1.807, 2.05) is 0 Å². The SMILES string of the molecule is CC(C)C(C(=O)O)S(=O)C1CCOC1. The molecule has 1 rings (SSSR count). The molecular formula is C9H16O4S. The van der Waals surface area contributed by atoms with Gasteiger partial charge in [0.05, 0.1) is 11.9 Å². The fraction of sp³-hybridized carbons (Fsp3) is 0.889. The van der Waals surface area contributed by atoms with Crippen molar-refractivity contribution in [3.8, 4) is 0 Å². The van der Waals surface area contributed by atoms with E-state index in [0.29, 0.717) is 19.6 Å². The molecule has 0 spiro atoms. The van der Waals surface area contributed by atoms with Crippen molar-refractivity contribution < 1.29 is 18.8 Å². The zero-order chi connectivity index (χ0) is 10.7. The van der Waals surface area contributed by atoms with E-state index in [1.165, 1.54) is 0 Å². The summed E-state index contributed by atoms with van der Waals surface area (Å²) in [4.78, 5) is 10.9. The van der Waals surface area contributed by atoms with Gasteiger partial charge in [-0.15, -0.1) is 0 Å². The molecule has 82 valence electrons. The summed E-state index contributed by atoms with van der Waals surface area (Å²) in [5.74, 6) is -1.07. The standard InChI is InChI=1S/C9H16O4S/c1-6(2)8(9(10)11)14(12)7-3-4-13-5-7/h6-8H,3-5H2,1-2H3,(H,10,11). The minimum Gasteiger partial charge on any atom is -0.480 e. The molecule has 0 radical (unpaired) electrons. The summed E-state index contributed by atoms with van der Waals surface area (Å²) in [6.07, 6.45) is 0.711. The van der Waals surface area contributed by atoms with Crippen molar-refractivity contribution in [3.63, 3.8) is 0 Å². The number of ether oxygens (including phenoxy) is 1. The van der Waals surface area contributed by atoms with E-state index < -0.39 is 22.0 Å². The Morgan fingerprint density at radius 3 is 2.57 bits per heavy atom. The van der Waals surface area contributed by atoms with Gasteiger partial charge in [-0.3, -0.25) is 9.00 Å². The molecule has 1 saturated heterocycles. The fourth-order valence-corrected chi connectivity index (χ4v) is 3.26. The monoisotopic (exact) mass is 220 g/mol. The third-order valence-electron chi connectivity index (χ3n) is 2.32. The molecule has 4 nitrogen and oxygen atoms in total. The van der Waals surface area contributed by atoms with Crippen molar-refractivity contribution in [2.45, 2.75) is 30.8 Å². The highest BCUT2D eigenvalue weighted by atomic mass is 32.2. The lowest BCUT2D eigenvalue weighted by Crippen LogP contribution is -2.36. The van der Waals surface area contributed by atoms with Crippen LogP contribution in [0.4, 0.5) is 0 Å². The molecule has 0 aromatic carbocycles. The summed E-state index contributed by atoms with van der Waals surface area (Å²) in [5, 5.41) is 8.08.